The summed E-state index contributed by atoms with van der Waals surface area (Å²) in [5.41, 5.74) is 1.91. The number of ether oxygens (including phenoxy) is 2. The summed E-state index contributed by atoms with van der Waals surface area (Å²) >= 11 is 5.85. The van der Waals surface area contributed by atoms with Crippen LogP contribution in [0.15, 0.2) is 42.5 Å². The van der Waals surface area contributed by atoms with Crippen LogP contribution >= 0.6 is 11.6 Å². The minimum atomic E-state index is -0.572. The van der Waals surface area contributed by atoms with Crippen molar-refractivity contribution in [2.75, 3.05) is 20.3 Å². The molecule has 1 atom stereocenters. The van der Waals surface area contributed by atoms with Gasteiger partial charge in [-0.1, -0.05) is 29.8 Å². The lowest BCUT2D eigenvalue weighted by Gasteiger charge is -2.14. The van der Waals surface area contributed by atoms with Crippen molar-refractivity contribution < 1.29 is 14.6 Å². The highest BCUT2D eigenvalue weighted by atomic mass is 35.5. The molecule has 2 aromatic carbocycles. The van der Waals surface area contributed by atoms with Gasteiger partial charge in [0.15, 0.2) is 11.5 Å². The van der Waals surface area contributed by atoms with E-state index in [4.69, 9.17) is 21.1 Å². The first-order valence-electron chi connectivity index (χ1n) is 7.58. The van der Waals surface area contributed by atoms with Crippen LogP contribution < -0.4 is 14.8 Å². The molecule has 0 aliphatic rings. The van der Waals surface area contributed by atoms with Gasteiger partial charge in [0.2, 0.25) is 0 Å². The number of methoxy groups -OCH3 is 1. The van der Waals surface area contributed by atoms with Crippen molar-refractivity contribution in [1.82, 2.24) is 5.32 Å². The lowest BCUT2D eigenvalue weighted by Crippen LogP contribution is -2.21. The Labute approximate surface area is 142 Å². The van der Waals surface area contributed by atoms with Crippen molar-refractivity contribution in [3.05, 3.63) is 58.6 Å². The summed E-state index contributed by atoms with van der Waals surface area (Å²) in [6.07, 6.45) is -0.572. The molecule has 23 heavy (non-hydrogen) atoms. The summed E-state index contributed by atoms with van der Waals surface area (Å²) in [7, 11) is 1.62. The summed E-state index contributed by atoms with van der Waals surface area (Å²) in [6, 6.07) is 13.0. The number of nitrogens with one attached hydrogen (secondary N) is 1. The highest BCUT2D eigenvalue weighted by molar-refractivity contribution is 6.30. The van der Waals surface area contributed by atoms with Gasteiger partial charge in [-0.15, -0.1) is 0 Å². The number of aliphatic hydroxyl groups is 1. The molecule has 0 aromatic heterocycles. The second-order valence-electron chi connectivity index (χ2n) is 5.12. The number of aliphatic hydroxyl groups excluding tert-OH is 1. The monoisotopic (exact) mass is 335 g/mol. The maximum atomic E-state index is 10.2. The number of hydrogen-bond acceptors (Lipinski definition) is 4. The second kappa shape index (κ2) is 8.77. The molecule has 2 rings (SSSR count). The molecule has 0 bridgehead atoms. The fraction of sp³-hybridized carbons (Fsp3) is 0.333. The minimum Gasteiger partial charge on any atom is -0.493 e. The Hall–Kier alpha value is -1.75. The smallest absolute Gasteiger partial charge is 0.161 e. The van der Waals surface area contributed by atoms with E-state index in [1.54, 1.807) is 19.2 Å². The predicted octanol–water partition coefficient (Wildman–Crippen LogP) is 3.57. The zero-order chi connectivity index (χ0) is 16.7. The van der Waals surface area contributed by atoms with Gasteiger partial charge >= 0.3 is 0 Å². The van der Waals surface area contributed by atoms with Gasteiger partial charge in [-0.25, -0.2) is 0 Å². The van der Waals surface area contributed by atoms with Crippen LogP contribution in [0, 0.1) is 0 Å². The number of hydrogen-bond donors (Lipinski definition) is 2. The summed E-state index contributed by atoms with van der Waals surface area (Å²) < 4.78 is 10.8. The third-order valence-electron chi connectivity index (χ3n) is 3.45. The van der Waals surface area contributed by atoms with E-state index in [9.17, 15) is 5.11 Å². The average molecular weight is 336 g/mol. The lowest BCUT2D eigenvalue weighted by atomic mass is 10.1. The van der Waals surface area contributed by atoms with E-state index in [1.165, 1.54) is 0 Å². The first-order chi connectivity index (χ1) is 11.1. The number of halogens is 1. The Balaban J connectivity index is 1.90. The summed E-state index contributed by atoms with van der Waals surface area (Å²) in [6.45, 7) is 3.61. The molecule has 124 valence electrons. The Bertz CT molecular complexity index is 616. The van der Waals surface area contributed by atoms with Crippen molar-refractivity contribution in [1.29, 1.82) is 0 Å². The molecule has 0 aliphatic carbocycles. The molecule has 1 unspecified atom stereocenters. The van der Waals surface area contributed by atoms with Crippen LogP contribution in [-0.2, 0) is 6.54 Å². The van der Waals surface area contributed by atoms with E-state index in [1.807, 2.05) is 37.3 Å². The SMILES string of the molecule is CCOc1cc(CNCC(O)c2ccc(Cl)cc2)ccc1OC. The molecular weight excluding hydrogens is 314 g/mol. The number of benzene rings is 2. The van der Waals surface area contributed by atoms with Crippen molar-refractivity contribution in [2.24, 2.45) is 0 Å². The van der Waals surface area contributed by atoms with Crippen LogP contribution in [-0.4, -0.2) is 25.4 Å². The van der Waals surface area contributed by atoms with Crippen molar-refractivity contribution in [3.8, 4) is 11.5 Å². The first-order valence-corrected chi connectivity index (χ1v) is 7.95. The molecule has 2 N–H and O–H groups in total. The molecule has 0 radical (unpaired) electrons. The molecule has 0 spiro atoms. The number of rotatable bonds is 8. The average Bonchev–Trinajstić information content (AvgIpc) is 2.56. The largest absolute Gasteiger partial charge is 0.493 e. The zero-order valence-electron chi connectivity index (χ0n) is 13.4. The molecule has 0 saturated carbocycles. The normalized spacial score (nSPS) is 12.0. The highest BCUT2D eigenvalue weighted by Gasteiger charge is 2.08. The van der Waals surface area contributed by atoms with Crippen LogP contribution in [0.4, 0.5) is 0 Å². The third kappa shape index (κ3) is 5.13. The standard InChI is InChI=1S/C18H22ClNO3/c1-3-23-18-10-13(4-9-17(18)22-2)11-20-12-16(21)14-5-7-15(19)8-6-14/h4-10,16,20-21H,3,11-12H2,1-2H3. The van der Waals surface area contributed by atoms with Gasteiger partial charge < -0.3 is 19.9 Å². The molecule has 0 saturated heterocycles. The first kappa shape index (κ1) is 17.6. The molecule has 0 amide bonds. The molecule has 5 heteroatoms. The summed E-state index contributed by atoms with van der Waals surface area (Å²) in [5, 5.41) is 14.1. The predicted molar refractivity (Wildman–Crippen MR) is 92.3 cm³/mol. The van der Waals surface area contributed by atoms with E-state index >= 15 is 0 Å². The Kier molecular flexibility index (Phi) is 6.71. The molecule has 4 nitrogen and oxygen atoms in total. The Morgan fingerprint density at radius 3 is 2.52 bits per heavy atom. The summed E-state index contributed by atoms with van der Waals surface area (Å²) in [4.78, 5) is 0. The molecule has 0 aliphatic heterocycles. The molecular formula is C18H22ClNO3. The van der Waals surface area contributed by atoms with Gasteiger partial charge in [-0.2, -0.15) is 0 Å². The van der Waals surface area contributed by atoms with E-state index in [0.717, 1.165) is 22.6 Å². The van der Waals surface area contributed by atoms with Gasteiger partial charge in [0.1, 0.15) is 0 Å². The van der Waals surface area contributed by atoms with Crippen molar-refractivity contribution in [2.45, 2.75) is 19.6 Å². The van der Waals surface area contributed by atoms with E-state index in [0.29, 0.717) is 24.7 Å². The van der Waals surface area contributed by atoms with Crippen LogP contribution in [0.5, 0.6) is 11.5 Å². The quantitative estimate of drug-likeness (QED) is 0.774. The molecule has 0 heterocycles. The third-order valence-corrected chi connectivity index (χ3v) is 3.70. The highest BCUT2D eigenvalue weighted by Crippen LogP contribution is 2.28. The fourth-order valence-corrected chi connectivity index (χ4v) is 2.38. The van der Waals surface area contributed by atoms with Gasteiger partial charge in [-0.3, -0.25) is 0 Å². The Morgan fingerprint density at radius 2 is 1.87 bits per heavy atom. The zero-order valence-corrected chi connectivity index (χ0v) is 14.1. The van der Waals surface area contributed by atoms with E-state index in [2.05, 4.69) is 5.32 Å². The maximum Gasteiger partial charge on any atom is 0.161 e. The van der Waals surface area contributed by atoms with Crippen molar-refractivity contribution in [3.63, 3.8) is 0 Å². The maximum absolute atomic E-state index is 10.2. The second-order valence-corrected chi connectivity index (χ2v) is 5.55. The van der Waals surface area contributed by atoms with Crippen LogP contribution in [0.3, 0.4) is 0 Å². The van der Waals surface area contributed by atoms with E-state index in [-0.39, 0.29) is 0 Å². The topological polar surface area (TPSA) is 50.7 Å². The summed E-state index contributed by atoms with van der Waals surface area (Å²) in [5.74, 6) is 1.45. The fourth-order valence-electron chi connectivity index (χ4n) is 2.26. The lowest BCUT2D eigenvalue weighted by molar-refractivity contribution is 0.174. The molecule has 2 aromatic rings. The van der Waals surface area contributed by atoms with Gasteiger partial charge in [0, 0.05) is 18.1 Å². The van der Waals surface area contributed by atoms with Gasteiger partial charge in [-0.05, 0) is 42.3 Å². The van der Waals surface area contributed by atoms with Crippen molar-refractivity contribution >= 4 is 11.6 Å². The molecule has 0 fully saturated rings. The Morgan fingerprint density at radius 1 is 1.13 bits per heavy atom. The van der Waals surface area contributed by atoms with Gasteiger partial charge in [0.25, 0.3) is 0 Å². The van der Waals surface area contributed by atoms with Crippen LogP contribution in [0.1, 0.15) is 24.2 Å². The minimum absolute atomic E-state index is 0.456. The van der Waals surface area contributed by atoms with Gasteiger partial charge in [0.05, 0.1) is 19.8 Å². The van der Waals surface area contributed by atoms with E-state index < -0.39 is 6.10 Å². The van der Waals surface area contributed by atoms with Crippen LogP contribution in [0.2, 0.25) is 5.02 Å². The van der Waals surface area contributed by atoms with Crippen LogP contribution in [0.25, 0.3) is 0 Å².